The molecule has 3 heterocycles. The number of alkyl halides is 3. The summed E-state index contributed by atoms with van der Waals surface area (Å²) in [5, 5.41) is 13.5. The van der Waals surface area contributed by atoms with Crippen LogP contribution in [0.5, 0.6) is 0 Å². The van der Waals surface area contributed by atoms with Crippen LogP contribution in [0, 0.1) is 13.8 Å². The highest BCUT2D eigenvalue weighted by Gasteiger charge is 2.33. The van der Waals surface area contributed by atoms with Crippen LogP contribution in [0.25, 0.3) is 5.82 Å². The summed E-state index contributed by atoms with van der Waals surface area (Å²) in [7, 11) is 3.50. The molecule has 5 rings (SSSR count). The Morgan fingerprint density at radius 1 is 1.00 bits per heavy atom. The zero-order valence-electron chi connectivity index (χ0n) is 24.0. The predicted molar refractivity (Wildman–Crippen MR) is 157 cm³/mol. The molecule has 43 heavy (non-hydrogen) atoms. The van der Waals surface area contributed by atoms with Gasteiger partial charge in [-0.3, -0.25) is 14.5 Å². The number of aromatic nitrogens is 4. The molecule has 14 heteroatoms. The number of carbonyl (C=O) groups excluding carboxylic acids is 2. The molecule has 3 N–H and O–H groups in total. The van der Waals surface area contributed by atoms with Gasteiger partial charge in [-0.05, 0) is 56.8 Å². The van der Waals surface area contributed by atoms with Crippen molar-refractivity contribution in [2.45, 2.75) is 20.0 Å². The van der Waals surface area contributed by atoms with Gasteiger partial charge in [0.25, 0.3) is 5.91 Å². The monoisotopic (exact) mass is 593 g/mol. The number of benzene rings is 2. The van der Waals surface area contributed by atoms with Crippen LogP contribution >= 0.6 is 0 Å². The molecular formula is C29H30F3N9O2. The summed E-state index contributed by atoms with van der Waals surface area (Å²) in [6.45, 7) is 4.49. The lowest BCUT2D eigenvalue weighted by Crippen LogP contribution is -2.49. The van der Waals surface area contributed by atoms with Gasteiger partial charge < -0.3 is 20.9 Å². The molecule has 0 radical (unpaired) electrons. The Bertz CT molecular complexity index is 1690. The third-order valence-electron chi connectivity index (χ3n) is 6.95. The van der Waals surface area contributed by atoms with Gasteiger partial charge in [0.2, 0.25) is 5.91 Å². The number of piperazine rings is 1. The van der Waals surface area contributed by atoms with Crippen LogP contribution in [0.2, 0.25) is 0 Å². The Morgan fingerprint density at radius 3 is 2.51 bits per heavy atom. The first-order valence-corrected chi connectivity index (χ1v) is 13.4. The van der Waals surface area contributed by atoms with E-state index in [-0.39, 0.29) is 30.2 Å². The first-order valence-electron chi connectivity index (χ1n) is 13.4. The number of rotatable bonds is 7. The normalized spacial score (nSPS) is 14.1. The highest BCUT2D eigenvalue weighted by atomic mass is 19.4. The SMILES string of the molecule is CNc1cc(-n2nc(C)cc2Nc2cc(NC(=O)c3cc(N4CCN(C)CC4=O)cc(C(F)(F)F)c3)ccc2C)ncn1. The molecular weight excluding hydrogens is 563 g/mol. The summed E-state index contributed by atoms with van der Waals surface area (Å²) < 4.78 is 43.0. The molecule has 2 aromatic carbocycles. The zero-order chi connectivity index (χ0) is 30.9. The highest BCUT2D eigenvalue weighted by molar-refractivity contribution is 6.06. The first-order chi connectivity index (χ1) is 20.4. The number of anilines is 5. The second-order valence-corrected chi connectivity index (χ2v) is 10.3. The smallest absolute Gasteiger partial charge is 0.373 e. The number of halogens is 3. The second-order valence-electron chi connectivity index (χ2n) is 10.3. The average Bonchev–Trinajstić information content (AvgIpc) is 3.33. The molecule has 1 aliphatic rings. The molecule has 0 atom stereocenters. The van der Waals surface area contributed by atoms with Gasteiger partial charge in [0.1, 0.15) is 18.0 Å². The van der Waals surface area contributed by atoms with Crippen LogP contribution in [0.15, 0.2) is 54.9 Å². The van der Waals surface area contributed by atoms with E-state index >= 15 is 0 Å². The lowest BCUT2D eigenvalue weighted by Gasteiger charge is -2.32. The molecule has 0 saturated carbocycles. The minimum absolute atomic E-state index is 0.0270. The molecule has 1 aliphatic heterocycles. The fourth-order valence-corrected chi connectivity index (χ4v) is 4.66. The lowest BCUT2D eigenvalue weighted by atomic mass is 10.1. The van der Waals surface area contributed by atoms with Crippen LogP contribution in [0.4, 0.5) is 41.9 Å². The van der Waals surface area contributed by atoms with Gasteiger partial charge in [-0.1, -0.05) is 6.07 Å². The molecule has 11 nitrogen and oxygen atoms in total. The number of nitrogens with one attached hydrogen (secondary N) is 3. The minimum atomic E-state index is -4.71. The number of hydrogen-bond acceptors (Lipinski definition) is 8. The van der Waals surface area contributed by atoms with Crippen molar-refractivity contribution in [2.75, 3.05) is 54.6 Å². The van der Waals surface area contributed by atoms with Gasteiger partial charge in [-0.2, -0.15) is 23.0 Å². The van der Waals surface area contributed by atoms with Crippen LogP contribution in [-0.4, -0.2) is 70.2 Å². The minimum Gasteiger partial charge on any atom is -0.373 e. The van der Waals surface area contributed by atoms with Crippen molar-refractivity contribution in [1.82, 2.24) is 24.6 Å². The van der Waals surface area contributed by atoms with E-state index in [0.717, 1.165) is 23.4 Å². The summed E-state index contributed by atoms with van der Waals surface area (Å²) in [5.74, 6) is 0.651. The maximum atomic E-state index is 13.8. The number of hydrogen-bond donors (Lipinski definition) is 3. The Hall–Kier alpha value is -4.98. The summed E-state index contributed by atoms with van der Waals surface area (Å²) in [4.78, 5) is 37.4. The maximum absolute atomic E-state index is 13.8. The van der Waals surface area contributed by atoms with Crippen molar-refractivity contribution < 1.29 is 22.8 Å². The highest BCUT2D eigenvalue weighted by Crippen LogP contribution is 2.34. The molecule has 2 aromatic heterocycles. The van der Waals surface area contributed by atoms with E-state index in [0.29, 0.717) is 35.4 Å². The Labute approximate surface area is 245 Å². The van der Waals surface area contributed by atoms with E-state index in [1.807, 2.05) is 19.9 Å². The van der Waals surface area contributed by atoms with Gasteiger partial charge in [0.05, 0.1) is 17.8 Å². The maximum Gasteiger partial charge on any atom is 0.416 e. The Kier molecular flexibility index (Phi) is 8.04. The molecule has 1 saturated heterocycles. The van der Waals surface area contributed by atoms with Gasteiger partial charge in [-0.15, -0.1) is 0 Å². The third-order valence-corrected chi connectivity index (χ3v) is 6.95. The summed E-state index contributed by atoms with van der Waals surface area (Å²) in [6.07, 6.45) is -3.29. The lowest BCUT2D eigenvalue weighted by molar-refractivity contribution is -0.137. The van der Waals surface area contributed by atoms with E-state index in [4.69, 9.17) is 0 Å². The molecule has 224 valence electrons. The van der Waals surface area contributed by atoms with Gasteiger partial charge >= 0.3 is 6.18 Å². The van der Waals surface area contributed by atoms with E-state index in [1.165, 1.54) is 17.3 Å². The molecule has 0 bridgehead atoms. The Morgan fingerprint density at radius 2 is 1.79 bits per heavy atom. The first kappa shape index (κ1) is 29.5. The van der Waals surface area contributed by atoms with Crippen LogP contribution < -0.4 is 20.9 Å². The topological polar surface area (TPSA) is 120 Å². The summed E-state index contributed by atoms with van der Waals surface area (Å²) >= 11 is 0. The number of likely N-dealkylation sites (N-methyl/N-ethyl adjacent to an activating group) is 1. The van der Waals surface area contributed by atoms with Crippen LogP contribution in [0.3, 0.4) is 0 Å². The molecule has 0 aliphatic carbocycles. The van der Waals surface area contributed by atoms with E-state index in [9.17, 15) is 22.8 Å². The van der Waals surface area contributed by atoms with Crippen molar-refractivity contribution in [1.29, 1.82) is 0 Å². The molecule has 4 aromatic rings. The molecule has 0 unspecified atom stereocenters. The fourth-order valence-electron chi connectivity index (χ4n) is 4.66. The number of nitrogens with zero attached hydrogens (tertiary/aromatic N) is 6. The van der Waals surface area contributed by atoms with Crippen molar-refractivity contribution in [2.24, 2.45) is 0 Å². The van der Waals surface area contributed by atoms with E-state index in [1.54, 1.807) is 47.9 Å². The van der Waals surface area contributed by atoms with Crippen molar-refractivity contribution in [3.05, 3.63) is 77.2 Å². The van der Waals surface area contributed by atoms with Gasteiger partial charge in [0.15, 0.2) is 5.82 Å². The van der Waals surface area contributed by atoms with Crippen LogP contribution in [-0.2, 0) is 11.0 Å². The fraction of sp³-hybridized carbons (Fsp3) is 0.276. The van der Waals surface area contributed by atoms with Crippen molar-refractivity contribution >= 4 is 40.5 Å². The quantitative estimate of drug-likeness (QED) is 0.284. The zero-order valence-corrected chi connectivity index (χ0v) is 24.0. The molecule has 1 fully saturated rings. The summed E-state index contributed by atoms with van der Waals surface area (Å²) in [6, 6.07) is 11.7. The summed E-state index contributed by atoms with van der Waals surface area (Å²) in [5.41, 5.74) is 1.36. The average molecular weight is 594 g/mol. The molecule has 0 spiro atoms. The van der Waals surface area contributed by atoms with Crippen molar-refractivity contribution in [3.8, 4) is 5.82 Å². The molecule has 2 amide bonds. The third kappa shape index (κ3) is 6.59. The second kappa shape index (κ2) is 11.7. The Balaban J connectivity index is 1.42. The standard InChI is InChI=1S/C29H30F3N9O2/c1-17-5-6-21(13-23(17)37-26-9-18(2)38-41(26)25-14-24(33-3)34-16-35-25)36-28(43)19-10-20(29(30,31)32)12-22(11-19)40-8-7-39(4)15-27(40)42/h5-6,9-14,16,37H,7-8,15H2,1-4H3,(H,36,43)(H,33,34,35). The van der Waals surface area contributed by atoms with E-state index in [2.05, 4.69) is 31.0 Å². The van der Waals surface area contributed by atoms with E-state index < -0.39 is 17.6 Å². The van der Waals surface area contributed by atoms with Gasteiger partial charge in [0, 0.05) is 54.9 Å². The largest absolute Gasteiger partial charge is 0.416 e. The number of carbonyl (C=O) groups is 2. The van der Waals surface area contributed by atoms with Gasteiger partial charge in [-0.25, -0.2) is 9.97 Å². The van der Waals surface area contributed by atoms with Crippen molar-refractivity contribution in [3.63, 3.8) is 0 Å². The van der Waals surface area contributed by atoms with Crippen LogP contribution in [0.1, 0.15) is 27.2 Å². The number of aryl methyl sites for hydroxylation is 2. The predicted octanol–water partition coefficient (Wildman–Crippen LogP) is 4.61. The number of amides is 2.